The standard InChI is InChI=1S/C64H116NO8P/c1-6-8-10-12-14-16-18-20-21-22-23-24-25-26-27-28-29-30-31-32-33-34-35-36-37-38-39-40-41-42-43-45-47-49-51-53-55-57-64(67)73-62(61-72-74(68,69)71-59-58-65(3,4)5)60-70-63(66)56-54-52-50-48-46-44-19-17-15-13-11-9-7-2/h8,10-11,13-14,16-17,19-21,23-24,62H,6-7,9,12,15,18,22,25-61H2,1-5H3/p+1/b10-8-,13-11-,16-14-,19-17-,21-20-,24-23-. The molecule has 430 valence electrons. The van der Waals surface area contributed by atoms with Gasteiger partial charge in [-0.1, -0.05) is 254 Å². The third-order valence-corrected chi connectivity index (χ3v) is 14.2. The highest BCUT2D eigenvalue weighted by atomic mass is 31.2. The summed E-state index contributed by atoms with van der Waals surface area (Å²) < 4.78 is 34.5. The van der Waals surface area contributed by atoms with Crippen LogP contribution in [0.4, 0.5) is 0 Å². The van der Waals surface area contributed by atoms with Gasteiger partial charge in [0.1, 0.15) is 19.8 Å². The second-order valence-corrected chi connectivity index (χ2v) is 23.2. The van der Waals surface area contributed by atoms with Gasteiger partial charge in [0.05, 0.1) is 27.7 Å². The van der Waals surface area contributed by atoms with Gasteiger partial charge in [-0.25, -0.2) is 4.57 Å². The quantitative estimate of drug-likeness (QED) is 0.0211. The smallest absolute Gasteiger partial charge is 0.462 e. The number of esters is 2. The number of unbranched alkanes of at least 4 members (excludes halogenated alkanes) is 30. The molecule has 1 N–H and O–H groups in total. The topological polar surface area (TPSA) is 108 Å². The number of ether oxygens (including phenoxy) is 2. The number of carbonyl (C=O) groups is 2. The third kappa shape index (κ3) is 58.7. The fourth-order valence-corrected chi connectivity index (χ4v) is 9.26. The summed E-state index contributed by atoms with van der Waals surface area (Å²) in [4.78, 5) is 35.6. The van der Waals surface area contributed by atoms with E-state index in [9.17, 15) is 19.0 Å². The van der Waals surface area contributed by atoms with E-state index in [4.69, 9.17) is 18.5 Å². The number of carbonyl (C=O) groups excluding carboxylic acids is 2. The van der Waals surface area contributed by atoms with Crippen molar-refractivity contribution in [1.82, 2.24) is 0 Å². The zero-order valence-electron chi connectivity index (χ0n) is 48.8. The first-order valence-corrected chi connectivity index (χ1v) is 32.2. The summed E-state index contributed by atoms with van der Waals surface area (Å²) in [6.45, 7) is 4.26. The van der Waals surface area contributed by atoms with E-state index in [0.717, 1.165) is 89.9 Å². The molecule has 0 aliphatic heterocycles. The molecule has 2 atom stereocenters. The Hall–Kier alpha value is -2.55. The summed E-state index contributed by atoms with van der Waals surface area (Å²) >= 11 is 0. The van der Waals surface area contributed by atoms with E-state index in [-0.39, 0.29) is 32.0 Å². The van der Waals surface area contributed by atoms with Crippen molar-refractivity contribution in [3.05, 3.63) is 72.9 Å². The van der Waals surface area contributed by atoms with Gasteiger partial charge in [0.2, 0.25) is 0 Å². The highest BCUT2D eigenvalue weighted by molar-refractivity contribution is 7.47. The van der Waals surface area contributed by atoms with E-state index < -0.39 is 26.5 Å². The Bertz CT molecular complexity index is 1480. The minimum atomic E-state index is -4.39. The van der Waals surface area contributed by atoms with Crippen molar-refractivity contribution in [2.45, 2.75) is 277 Å². The van der Waals surface area contributed by atoms with Crippen LogP contribution < -0.4 is 0 Å². The second kappa shape index (κ2) is 55.2. The average molecular weight is 1060 g/mol. The number of phosphoric acid groups is 1. The van der Waals surface area contributed by atoms with Crippen LogP contribution in [0.2, 0.25) is 0 Å². The highest BCUT2D eigenvalue weighted by Crippen LogP contribution is 2.43. The van der Waals surface area contributed by atoms with E-state index in [2.05, 4.69) is 86.8 Å². The third-order valence-electron chi connectivity index (χ3n) is 13.2. The first kappa shape index (κ1) is 71.5. The summed E-state index contributed by atoms with van der Waals surface area (Å²) in [6.07, 6.45) is 72.9. The van der Waals surface area contributed by atoms with Crippen LogP contribution in [0, 0.1) is 0 Å². The Labute approximate surface area is 457 Å². The first-order chi connectivity index (χ1) is 36.0. The number of rotatable bonds is 56. The Morgan fingerprint density at radius 2 is 0.770 bits per heavy atom. The molecule has 0 aliphatic rings. The monoisotopic (exact) mass is 1060 g/mol. The molecule has 0 heterocycles. The molecule has 0 bridgehead atoms. The number of likely N-dealkylation sites (N-methyl/N-ethyl adjacent to an activating group) is 1. The van der Waals surface area contributed by atoms with Crippen molar-refractivity contribution >= 4 is 19.8 Å². The molecule has 0 fully saturated rings. The Balaban J connectivity index is 3.92. The lowest BCUT2D eigenvalue weighted by Gasteiger charge is -2.24. The lowest BCUT2D eigenvalue weighted by Crippen LogP contribution is -2.37. The van der Waals surface area contributed by atoms with E-state index in [1.807, 2.05) is 21.1 Å². The maximum atomic E-state index is 12.8. The van der Waals surface area contributed by atoms with E-state index in [1.54, 1.807) is 0 Å². The normalized spacial score (nSPS) is 13.8. The maximum Gasteiger partial charge on any atom is 0.472 e. The van der Waals surface area contributed by atoms with Gasteiger partial charge in [-0.3, -0.25) is 18.6 Å². The van der Waals surface area contributed by atoms with Crippen LogP contribution in [0.25, 0.3) is 0 Å². The molecular formula is C64H117NO8P+. The fourth-order valence-electron chi connectivity index (χ4n) is 8.52. The van der Waals surface area contributed by atoms with Gasteiger partial charge in [-0.05, 0) is 77.0 Å². The lowest BCUT2D eigenvalue weighted by atomic mass is 10.0. The molecule has 9 nitrogen and oxygen atoms in total. The Kier molecular flexibility index (Phi) is 53.3. The molecule has 0 saturated heterocycles. The minimum Gasteiger partial charge on any atom is -0.462 e. The largest absolute Gasteiger partial charge is 0.472 e. The summed E-state index contributed by atoms with van der Waals surface area (Å²) in [7, 11) is 1.47. The molecule has 10 heteroatoms. The fraction of sp³-hybridized carbons (Fsp3) is 0.781. The maximum absolute atomic E-state index is 12.8. The molecule has 74 heavy (non-hydrogen) atoms. The van der Waals surface area contributed by atoms with Crippen molar-refractivity contribution < 1.29 is 42.1 Å². The van der Waals surface area contributed by atoms with Crippen molar-refractivity contribution in [2.24, 2.45) is 0 Å². The number of hydrogen-bond donors (Lipinski definition) is 1. The zero-order valence-corrected chi connectivity index (χ0v) is 49.7. The van der Waals surface area contributed by atoms with Crippen molar-refractivity contribution in [3.8, 4) is 0 Å². The van der Waals surface area contributed by atoms with E-state index in [1.165, 1.54) is 148 Å². The van der Waals surface area contributed by atoms with Crippen LogP contribution in [-0.4, -0.2) is 74.9 Å². The molecule has 2 unspecified atom stereocenters. The number of allylic oxidation sites excluding steroid dienone is 12. The van der Waals surface area contributed by atoms with E-state index in [0.29, 0.717) is 17.4 Å². The summed E-state index contributed by atoms with van der Waals surface area (Å²) in [6, 6.07) is 0. The van der Waals surface area contributed by atoms with Crippen LogP contribution >= 0.6 is 7.82 Å². The predicted molar refractivity (Wildman–Crippen MR) is 316 cm³/mol. The summed E-state index contributed by atoms with van der Waals surface area (Å²) in [5.74, 6) is -0.807. The highest BCUT2D eigenvalue weighted by Gasteiger charge is 2.27. The molecule has 0 aliphatic carbocycles. The van der Waals surface area contributed by atoms with Gasteiger partial charge >= 0.3 is 19.8 Å². The summed E-state index contributed by atoms with van der Waals surface area (Å²) in [5, 5.41) is 0. The Morgan fingerprint density at radius 1 is 0.432 bits per heavy atom. The van der Waals surface area contributed by atoms with Crippen molar-refractivity contribution in [2.75, 3.05) is 47.5 Å². The number of phosphoric ester groups is 1. The van der Waals surface area contributed by atoms with Crippen molar-refractivity contribution in [3.63, 3.8) is 0 Å². The average Bonchev–Trinajstić information content (AvgIpc) is 3.36. The molecule has 0 aromatic rings. The van der Waals surface area contributed by atoms with Gasteiger partial charge < -0.3 is 18.9 Å². The number of quaternary nitrogens is 1. The zero-order chi connectivity index (χ0) is 54.2. The molecule has 0 saturated carbocycles. The first-order valence-electron chi connectivity index (χ1n) is 30.7. The van der Waals surface area contributed by atoms with Gasteiger partial charge in [0, 0.05) is 12.8 Å². The molecule has 0 aromatic carbocycles. The van der Waals surface area contributed by atoms with Crippen LogP contribution in [-0.2, 0) is 32.7 Å². The Morgan fingerprint density at radius 3 is 1.15 bits per heavy atom. The van der Waals surface area contributed by atoms with Crippen molar-refractivity contribution in [1.29, 1.82) is 0 Å². The predicted octanol–water partition coefficient (Wildman–Crippen LogP) is 19.3. The SMILES string of the molecule is CC/C=C\C/C=C\C/C=C\C/C=C\CCCCCCCCCCCCCCCCCCCCCCCCCCC(=O)OC(COC(=O)CCCCCCC/C=C\C/C=C\CCC)COP(=O)(O)OCC[N+](C)(C)C. The van der Waals surface area contributed by atoms with Gasteiger partial charge in [0.15, 0.2) is 6.10 Å². The van der Waals surface area contributed by atoms with Crippen LogP contribution in [0.15, 0.2) is 72.9 Å². The molecular weight excluding hydrogens is 942 g/mol. The summed E-state index contributed by atoms with van der Waals surface area (Å²) in [5.41, 5.74) is 0. The van der Waals surface area contributed by atoms with Gasteiger partial charge in [-0.2, -0.15) is 0 Å². The van der Waals surface area contributed by atoms with Gasteiger partial charge in [0.25, 0.3) is 0 Å². The number of hydrogen-bond acceptors (Lipinski definition) is 7. The minimum absolute atomic E-state index is 0.0291. The molecule has 0 spiro atoms. The molecule has 0 rings (SSSR count). The van der Waals surface area contributed by atoms with Crippen LogP contribution in [0.3, 0.4) is 0 Å². The molecule has 0 amide bonds. The van der Waals surface area contributed by atoms with Crippen LogP contribution in [0.1, 0.15) is 271 Å². The number of nitrogens with zero attached hydrogens (tertiary/aromatic N) is 1. The van der Waals surface area contributed by atoms with Crippen LogP contribution in [0.5, 0.6) is 0 Å². The van der Waals surface area contributed by atoms with Gasteiger partial charge in [-0.15, -0.1) is 0 Å². The van der Waals surface area contributed by atoms with E-state index >= 15 is 0 Å². The molecule has 0 aromatic heterocycles. The lowest BCUT2D eigenvalue weighted by molar-refractivity contribution is -0.870. The molecule has 0 radical (unpaired) electrons. The second-order valence-electron chi connectivity index (χ2n) is 21.7.